The van der Waals surface area contributed by atoms with E-state index in [9.17, 15) is 0 Å². The van der Waals surface area contributed by atoms with E-state index in [1.165, 1.54) is 5.56 Å². The Bertz CT molecular complexity index is 482. The molecule has 0 saturated heterocycles. The molecule has 0 aliphatic rings. The van der Waals surface area contributed by atoms with Gasteiger partial charge in [0, 0.05) is 17.8 Å². The van der Waals surface area contributed by atoms with Crippen LogP contribution in [0.2, 0.25) is 5.02 Å². The van der Waals surface area contributed by atoms with E-state index in [1.807, 2.05) is 36.4 Å². The lowest BCUT2D eigenvalue weighted by Gasteiger charge is -2.07. The summed E-state index contributed by atoms with van der Waals surface area (Å²) < 4.78 is 0. The van der Waals surface area contributed by atoms with Crippen LogP contribution in [0, 0.1) is 0 Å². The molecule has 1 aromatic carbocycles. The van der Waals surface area contributed by atoms with E-state index >= 15 is 0 Å². The molecule has 2 rings (SSSR count). The molecule has 1 heterocycles. The lowest BCUT2D eigenvalue weighted by Crippen LogP contribution is -2.08. The molecule has 88 valence electrons. The van der Waals surface area contributed by atoms with E-state index in [1.54, 1.807) is 6.20 Å². The summed E-state index contributed by atoms with van der Waals surface area (Å²) in [6.45, 7) is 0.794. The van der Waals surface area contributed by atoms with Crippen molar-refractivity contribution in [3.05, 3.63) is 53.2 Å². The van der Waals surface area contributed by atoms with Crippen LogP contribution >= 0.6 is 11.6 Å². The quantitative estimate of drug-likeness (QED) is 0.873. The maximum absolute atomic E-state index is 5.82. The number of hydrogen-bond acceptors (Lipinski definition) is 3. The number of hydrogen-bond donors (Lipinski definition) is 2. The van der Waals surface area contributed by atoms with Gasteiger partial charge in [-0.05, 0) is 36.2 Å². The molecule has 0 unspecified atom stereocenters. The summed E-state index contributed by atoms with van der Waals surface area (Å²) in [6, 6.07) is 11.5. The van der Waals surface area contributed by atoms with Crippen LogP contribution < -0.4 is 11.1 Å². The lowest BCUT2D eigenvalue weighted by molar-refractivity contribution is 1.01. The van der Waals surface area contributed by atoms with E-state index < -0.39 is 0 Å². The molecule has 1 aromatic heterocycles. The Morgan fingerprint density at radius 2 is 1.94 bits per heavy atom. The minimum atomic E-state index is 0.670. The van der Waals surface area contributed by atoms with E-state index in [4.69, 9.17) is 17.3 Å². The molecule has 4 heteroatoms. The van der Waals surface area contributed by atoms with Crippen molar-refractivity contribution in [2.45, 2.75) is 6.42 Å². The highest BCUT2D eigenvalue weighted by Gasteiger charge is 1.98. The van der Waals surface area contributed by atoms with Gasteiger partial charge in [0.25, 0.3) is 0 Å². The molecule has 0 bridgehead atoms. The fourth-order valence-electron chi connectivity index (χ4n) is 1.54. The number of pyridine rings is 1. The Morgan fingerprint density at radius 3 is 2.65 bits per heavy atom. The summed E-state index contributed by atoms with van der Waals surface area (Å²) in [4.78, 5) is 4.17. The zero-order valence-corrected chi connectivity index (χ0v) is 10.1. The van der Waals surface area contributed by atoms with Crippen molar-refractivity contribution in [1.82, 2.24) is 4.98 Å². The van der Waals surface area contributed by atoms with Crippen molar-refractivity contribution in [1.29, 1.82) is 0 Å². The molecule has 0 atom stereocenters. The van der Waals surface area contributed by atoms with Gasteiger partial charge in [-0.3, -0.25) is 0 Å². The molecule has 0 aliphatic heterocycles. The zero-order valence-electron chi connectivity index (χ0n) is 9.36. The maximum atomic E-state index is 5.82. The number of anilines is 2. The Labute approximate surface area is 106 Å². The second-order valence-corrected chi connectivity index (χ2v) is 4.18. The fraction of sp³-hybridized carbons (Fsp3) is 0.154. The minimum Gasteiger partial charge on any atom is -0.396 e. The van der Waals surface area contributed by atoms with Gasteiger partial charge >= 0.3 is 0 Å². The second-order valence-electron chi connectivity index (χ2n) is 3.74. The van der Waals surface area contributed by atoms with Gasteiger partial charge in [0.1, 0.15) is 5.82 Å². The largest absolute Gasteiger partial charge is 0.396 e. The van der Waals surface area contributed by atoms with E-state index in [0.717, 1.165) is 23.8 Å². The van der Waals surface area contributed by atoms with Crippen molar-refractivity contribution in [3.8, 4) is 0 Å². The monoisotopic (exact) mass is 247 g/mol. The number of rotatable bonds is 4. The Morgan fingerprint density at radius 1 is 1.18 bits per heavy atom. The van der Waals surface area contributed by atoms with Gasteiger partial charge in [-0.25, -0.2) is 4.98 Å². The Hall–Kier alpha value is -1.74. The first-order chi connectivity index (χ1) is 8.25. The number of nitrogens with two attached hydrogens (primary N) is 1. The van der Waals surface area contributed by atoms with Crippen LogP contribution in [-0.4, -0.2) is 11.5 Å². The second kappa shape index (κ2) is 5.55. The molecule has 3 N–H and O–H groups in total. The summed E-state index contributed by atoms with van der Waals surface area (Å²) in [5.74, 6) is 0.737. The van der Waals surface area contributed by atoms with Crippen LogP contribution in [0.15, 0.2) is 42.6 Å². The average molecular weight is 248 g/mol. The first-order valence-electron chi connectivity index (χ1n) is 5.44. The summed E-state index contributed by atoms with van der Waals surface area (Å²) >= 11 is 5.82. The third-order valence-electron chi connectivity index (χ3n) is 2.46. The lowest BCUT2D eigenvalue weighted by atomic mass is 10.1. The van der Waals surface area contributed by atoms with Gasteiger partial charge < -0.3 is 11.1 Å². The van der Waals surface area contributed by atoms with Gasteiger partial charge in [0.05, 0.1) is 5.69 Å². The molecule has 0 spiro atoms. The van der Waals surface area contributed by atoms with Crippen LogP contribution in [-0.2, 0) is 6.42 Å². The third-order valence-corrected chi connectivity index (χ3v) is 2.71. The van der Waals surface area contributed by atoms with Gasteiger partial charge in [-0.2, -0.15) is 0 Å². The van der Waals surface area contributed by atoms with E-state index in [-0.39, 0.29) is 0 Å². The van der Waals surface area contributed by atoms with Crippen molar-refractivity contribution < 1.29 is 0 Å². The highest BCUT2D eigenvalue weighted by Crippen LogP contribution is 2.13. The fourth-order valence-corrected chi connectivity index (χ4v) is 1.67. The molecular formula is C13H14ClN3. The van der Waals surface area contributed by atoms with Crippen molar-refractivity contribution >= 4 is 23.1 Å². The average Bonchev–Trinajstić information content (AvgIpc) is 2.34. The summed E-state index contributed by atoms with van der Waals surface area (Å²) in [5, 5.41) is 3.97. The summed E-state index contributed by atoms with van der Waals surface area (Å²) in [7, 11) is 0. The third kappa shape index (κ3) is 3.36. The highest BCUT2D eigenvalue weighted by molar-refractivity contribution is 6.30. The summed E-state index contributed by atoms with van der Waals surface area (Å²) in [5.41, 5.74) is 7.68. The minimum absolute atomic E-state index is 0.670. The smallest absolute Gasteiger partial charge is 0.149 e. The predicted octanol–water partition coefficient (Wildman–Crippen LogP) is 2.97. The molecule has 3 nitrogen and oxygen atoms in total. The number of aromatic nitrogens is 1. The number of nitrogens with zero attached hydrogens (tertiary/aromatic N) is 1. The molecule has 0 amide bonds. The molecule has 0 saturated carbocycles. The topological polar surface area (TPSA) is 50.9 Å². The molecular weight excluding hydrogens is 234 g/mol. The SMILES string of the molecule is Nc1cccnc1NCCc1ccc(Cl)cc1. The first kappa shape index (κ1) is 11.7. The van der Waals surface area contributed by atoms with Crippen LogP contribution in [0.25, 0.3) is 0 Å². The maximum Gasteiger partial charge on any atom is 0.149 e. The number of nitrogens with one attached hydrogen (secondary N) is 1. The zero-order chi connectivity index (χ0) is 12.1. The van der Waals surface area contributed by atoms with Gasteiger partial charge in [0.2, 0.25) is 0 Å². The molecule has 17 heavy (non-hydrogen) atoms. The van der Waals surface area contributed by atoms with E-state index in [0.29, 0.717) is 5.69 Å². The first-order valence-corrected chi connectivity index (χ1v) is 5.82. The number of nitrogen functional groups attached to an aromatic ring is 1. The highest BCUT2D eigenvalue weighted by atomic mass is 35.5. The van der Waals surface area contributed by atoms with Crippen molar-refractivity contribution in [3.63, 3.8) is 0 Å². The van der Waals surface area contributed by atoms with E-state index in [2.05, 4.69) is 10.3 Å². The molecule has 0 radical (unpaired) electrons. The normalized spacial score (nSPS) is 10.2. The van der Waals surface area contributed by atoms with Crippen LogP contribution in [0.3, 0.4) is 0 Å². The molecule has 2 aromatic rings. The van der Waals surface area contributed by atoms with Crippen LogP contribution in [0.1, 0.15) is 5.56 Å². The number of benzene rings is 1. The van der Waals surface area contributed by atoms with Crippen molar-refractivity contribution in [2.75, 3.05) is 17.6 Å². The Balaban J connectivity index is 1.88. The van der Waals surface area contributed by atoms with Gasteiger partial charge in [0.15, 0.2) is 0 Å². The molecule has 0 fully saturated rings. The Kier molecular flexibility index (Phi) is 3.83. The summed E-state index contributed by atoms with van der Waals surface area (Å²) in [6.07, 6.45) is 2.63. The van der Waals surface area contributed by atoms with Crippen molar-refractivity contribution in [2.24, 2.45) is 0 Å². The van der Waals surface area contributed by atoms with Crippen LogP contribution in [0.4, 0.5) is 11.5 Å². The van der Waals surface area contributed by atoms with Gasteiger partial charge in [-0.1, -0.05) is 23.7 Å². The standard InChI is InChI=1S/C13H14ClN3/c14-11-5-3-10(4-6-11)7-9-17-13-12(15)2-1-8-16-13/h1-6,8H,7,9,15H2,(H,16,17). The molecule has 0 aliphatic carbocycles. The number of halogens is 1. The van der Waals surface area contributed by atoms with Crippen LogP contribution in [0.5, 0.6) is 0 Å². The van der Waals surface area contributed by atoms with Gasteiger partial charge in [-0.15, -0.1) is 0 Å². The predicted molar refractivity (Wildman–Crippen MR) is 72.3 cm³/mol.